The minimum Gasteiger partial charge on any atom is -0.478 e. The number of nitrogens with zero attached hydrogens (tertiary/aromatic N) is 1. The Morgan fingerprint density at radius 2 is 1.85 bits per heavy atom. The molecule has 0 spiro atoms. The van der Waals surface area contributed by atoms with Crippen LogP contribution in [0.4, 0.5) is 5.69 Å². The minimum absolute atomic E-state index is 0.0758. The van der Waals surface area contributed by atoms with E-state index in [0.29, 0.717) is 22.9 Å². The van der Waals surface area contributed by atoms with E-state index in [9.17, 15) is 9.59 Å². The average molecular weight is 348 g/mol. The van der Waals surface area contributed by atoms with Gasteiger partial charge in [-0.1, -0.05) is 24.3 Å². The fourth-order valence-corrected chi connectivity index (χ4v) is 2.37. The van der Waals surface area contributed by atoms with Crippen LogP contribution in [-0.4, -0.2) is 22.0 Å². The van der Waals surface area contributed by atoms with E-state index in [0.717, 1.165) is 0 Å². The van der Waals surface area contributed by atoms with Crippen molar-refractivity contribution in [2.75, 3.05) is 5.32 Å². The van der Waals surface area contributed by atoms with Gasteiger partial charge in [0, 0.05) is 24.0 Å². The number of carbonyl (C=O) groups is 2. The highest BCUT2D eigenvalue weighted by atomic mass is 16.5. The third kappa shape index (κ3) is 4.67. The number of anilines is 1. The molecular weight excluding hydrogens is 332 g/mol. The van der Waals surface area contributed by atoms with Gasteiger partial charge in [0.2, 0.25) is 11.8 Å². The molecule has 3 rings (SSSR count). The number of nitrogens with one attached hydrogen (secondary N) is 1. The SMILES string of the molecule is O=C(Cc1cccc(C(=O)O)c1)Nc1cccc(Oc2ccccn2)c1. The van der Waals surface area contributed by atoms with Gasteiger partial charge >= 0.3 is 5.97 Å². The molecule has 0 unspecified atom stereocenters. The summed E-state index contributed by atoms with van der Waals surface area (Å²) < 4.78 is 5.63. The Kier molecular flexibility index (Phi) is 5.24. The fourth-order valence-electron chi connectivity index (χ4n) is 2.37. The molecular formula is C20H16N2O4. The summed E-state index contributed by atoms with van der Waals surface area (Å²) >= 11 is 0. The summed E-state index contributed by atoms with van der Waals surface area (Å²) in [6.45, 7) is 0. The van der Waals surface area contributed by atoms with Crippen molar-refractivity contribution in [3.8, 4) is 11.6 Å². The van der Waals surface area contributed by atoms with E-state index in [4.69, 9.17) is 9.84 Å². The molecule has 130 valence electrons. The first-order valence-corrected chi connectivity index (χ1v) is 7.91. The summed E-state index contributed by atoms with van der Waals surface area (Å²) in [5, 5.41) is 11.8. The molecule has 0 aliphatic heterocycles. The van der Waals surface area contributed by atoms with Crippen LogP contribution in [0.25, 0.3) is 0 Å². The van der Waals surface area contributed by atoms with Gasteiger partial charge in [0.25, 0.3) is 0 Å². The largest absolute Gasteiger partial charge is 0.478 e. The first-order chi connectivity index (χ1) is 12.6. The zero-order chi connectivity index (χ0) is 18.4. The van der Waals surface area contributed by atoms with Gasteiger partial charge in [-0.05, 0) is 35.9 Å². The number of ether oxygens (including phenoxy) is 1. The average Bonchev–Trinajstić information content (AvgIpc) is 2.63. The lowest BCUT2D eigenvalue weighted by Crippen LogP contribution is -2.14. The van der Waals surface area contributed by atoms with E-state index in [1.165, 1.54) is 12.1 Å². The monoisotopic (exact) mass is 348 g/mol. The summed E-state index contributed by atoms with van der Waals surface area (Å²) in [4.78, 5) is 27.3. The third-order valence-corrected chi connectivity index (χ3v) is 3.52. The van der Waals surface area contributed by atoms with Gasteiger partial charge in [-0.3, -0.25) is 4.79 Å². The van der Waals surface area contributed by atoms with Crippen molar-refractivity contribution in [3.63, 3.8) is 0 Å². The summed E-state index contributed by atoms with van der Waals surface area (Å²) in [7, 11) is 0. The van der Waals surface area contributed by atoms with Gasteiger partial charge in [-0.15, -0.1) is 0 Å². The number of carboxylic acids is 1. The number of aromatic carboxylic acids is 1. The normalized spacial score (nSPS) is 10.2. The first kappa shape index (κ1) is 17.2. The number of carbonyl (C=O) groups excluding carboxylic acids is 1. The van der Waals surface area contributed by atoms with Crippen molar-refractivity contribution < 1.29 is 19.4 Å². The van der Waals surface area contributed by atoms with Gasteiger partial charge in [0.1, 0.15) is 5.75 Å². The van der Waals surface area contributed by atoms with Crippen molar-refractivity contribution in [2.24, 2.45) is 0 Å². The summed E-state index contributed by atoms with van der Waals surface area (Å²) in [5.41, 5.74) is 1.36. The van der Waals surface area contributed by atoms with Gasteiger partial charge in [0.15, 0.2) is 0 Å². The molecule has 6 heteroatoms. The van der Waals surface area contributed by atoms with E-state index in [1.807, 2.05) is 6.07 Å². The Morgan fingerprint density at radius 1 is 1.00 bits per heavy atom. The first-order valence-electron chi connectivity index (χ1n) is 7.91. The number of hydrogen-bond acceptors (Lipinski definition) is 4. The van der Waals surface area contributed by atoms with Gasteiger partial charge in [-0.2, -0.15) is 0 Å². The molecule has 3 aromatic rings. The molecule has 0 atom stereocenters. The van der Waals surface area contributed by atoms with E-state index in [-0.39, 0.29) is 17.9 Å². The number of amides is 1. The van der Waals surface area contributed by atoms with Crippen molar-refractivity contribution >= 4 is 17.6 Å². The molecule has 26 heavy (non-hydrogen) atoms. The maximum absolute atomic E-state index is 12.2. The van der Waals surface area contributed by atoms with Crippen molar-refractivity contribution in [1.82, 2.24) is 4.98 Å². The molecule has 0 saturated heterocycles. The number of benzene rings is 2. The quantitative estimate of drug-likeness (QED) is 0.708. The lowest BCUT2D eigenvalue weighted by atomic mass is 10.1. The molecule has 2 aromatic carbocycles. The Balaban J connectivity index is 1.65. The zero-order valence-corrected chi connectivity index (χ0v) is 13.8. The number of rotatable bonds is 6. The highest BCUT2D eigenvalue weighted by Gasteiger charge is 2.08. The number of pyridine rings is 1. The van der Waals surface area contributed by atoms with Crippen molar-refractivity contribution in [2.45, 2.75) is 6.42 Å². The second-order valence-electron chi connectivity index (χ2n) is 5.53. The summed E-state index contributed by atoms with van der Waals surface area (Å²) in [5.74, 6) is -0.259. The lowest BCUT2D eigenvalue weighted by Gasteiger charge is -2.09. The Hall–Kier alpha value is -3.67. The highest BCUT2D eigenvalue weighted by Crippen LogP contribution is 2.22. The van der Waals surface area contributed by atoms with Crippen LogP contribution in [0.3, 0.4) is 0 Å². The molecule has 0 bridgehead atoms. The van der Waals surface area contributed by atoms with Crippen LogP contribution in [0.1, 0.15) is 15.9 Å². The van der Waals surface area contributed by atoms with E-state index >= 15 is 0 Å². The van der Waals surface area contributed by atoms with Crippen molar-refractivity contribution in [1.29, 1.82) is 0 Å². The molecule has 0 aliphatic rings. The van der Waals surface area contributed by atoms with Crippen LogP contribution >= 0.6 is 0 Å². The van der Waals surface area contributed by atoms with Crippen LogP contribution in [-0.2, 0) is 11.2 Å². The van der Waals surface area contributed by atoms with Gasteiger partial charge < -0.3 is 15.2 Å². The molecule has 0 aliphatic carbocycles. The second-order valence-corrected chi connectivity index (χ2v) is 5.53. The smallest absolute Gasteiger partial charge is 0.335 e. The predicted octanol–water partition coefficient (Wildman–Crippen LogP) is 3.75. The van der Waals surface area contributed by atoms with Crippen LogP contribution in [0.5, 0.6) is 11.6 Å². The standard InChI is InChI=1S/C20H16N2O4/c23-18(12-14-5-3-6-15(11-14)20(24)25)22-16-7-4-8-17(13-16)26-19-9-1-2-10-21-19/h1-11,13H,12H2,(H,22,23)(H,24,25). The topological polar surface area (TPSA) is 88.5 Å². The Bertz CT molecular complexity index is 926. The predicted molar refractivity (Wildman–Crippen MR) is 96.5 cm³/mol. The van der Waals surface area contributed by atoms with Crippen LogP contribution in [0.15, 0.2) is 72.9 Å². The number of hydrogen-bond donors (Lipinski definition) is 2. The molecule has 1 amide bonds. The highest BCUT2D eigenvalue weighted by molar-refractivity contribution is 5.93. The Morgan fingerprint density at radius 3 is 2.62 bits per heavy atom. The molecule has 1 aromatic heterocycles. The van der Waals surface area contributed by atoms with Crippen LogP contribution in [0.2, 0.25) is 0 Å². The molecule has 0 fully saturated rings. The zero-order valence-electron chi connectivity index (χ0n) is 13.8. The maximum atomic E-state index is 12.2. The molecule has 6 nitrogen and oxygen atoms in total. The lowest BCUT2D eigenvalue weighted by molar-refractivity contribution is -0.115. The van der Waals surface area contributed by atoms with Crippen molar-refractivity contribution in [3.05, 3.63) is 84.1 Å². The van der Waals surface area contributed by atoms with Gasteiger partial charge in [-0.25, -0.2) is 9.78 Å². The maximum Gasteiger partial charge on any atom is 0.335 e. The molecule has 0 saturated carbocycles. The van der Waals surface area contributed by atoms with Crippen LogP contribution in [0, 0.1) is 0 Å². The van der Waals surface area contributed by atoms with E-state index in [1.54, 1.807) is 54.7 Å². The minimum atomic E-state index is -1.02. The van der Waals surface area contributed by atoms with Gasteiger partial charge in [0.05, 0.1) is 12.0 Å². The Labute approximate surface area is 150 Å². The van der Waals surface area contributed by atoms with E-state index in [2.05, 4.69) is 10.3 Å². The number of carboxylic acid groups (broad SMARTS) is 1. The molecule has 1 heterocycles. The third-order valence-electron chi connectivity index (χ3n) is 3.52. The summed E-state index contributed by atoms with van der Waals surface area (Å²) in [6.07, 6.45) is 1.71. The summed E-state index contributed by atoms with van der Waals surface area (Å²) in [6, 6.07) is 18.6. The fraction of sp³-hybridized carbons (Fsp3) is 0.0500. The second kappa shape index (κ2) is 7.94. The van der Waals surface area contributed by atoms with E-state index < -0.39 is 5.97 Å². The van der Waals surface area contributed by atoms with Crippen LogP contribution < -0.4 is 10.1 Å². The number of aromatic nitrogens is 1. The molecule has 2 N–H and O–H groups in total. The molecule has 0 radical (unpaired) electrons.